The quantitative estimate of drug-likeness (QED) is 0.394. The number of carbonyl (C=O) groups excluding carboxylic acids is 1. The smallest absolute Gasteiger partial charge is 0.242 e. The van der Waals surface area contributed by atoms with Crippen molar-refractivity contribution < 1.29 is 4.79 Å². The lowest BCUT2D eigenvalue weighted by Crippen LogP contribution is -2.47. The van der Waals surface area contributed by atoms with Crippen molar-refractivity contribution in [2.45, 2.75) is 13.3 Å². The van der Waals surface area contributed by atoms with Gasteiger partial charge in [0.1, 0.15) is 0 Å². The maximum absolute atomic E-state index is 12.0. The lowest BCUT2D eigenvalue weighted by atomic mass is 10.1. The number of para-hydroxylation sites is 1. The molecule has 1 heterocycles. The molecule has 110 valence electrons. The zero-order valence-corrected chi connectivity index (χ0v) is 12.6. The largest absolute Gasteiger partial charge is 0.358 e. The average molecular weight is 302 g/mol. The standard InChI is InChI=1S/C15H18N4OS/c1-3-8-16-15(21)19-18-14(20)9-12-10(2)17-13-7-5-4-6-11(12)13/h3-7,17H,1,8-9H2,2H3,(H,18,20)(H2,16,19,21). The summed E-state index contributed by atoms with van der Waals surface area (Å²) in [4.78, 5) is 15.3. The molecular formula is C15H18N4OS. The number of aryl methyl sites for hydroxylation is 1. The third kappa shape index (κ3) is 3.82. The van der Waals surface area contributed by atoms with E-state index in [4.69, 9.17) is 12.2 Å². The molecule has 6 heteroatoms. The number of fused-ring (bicyclic) bond motifs is 1. The van der Waals surface area contributed by atoms with E-state index in [0.29, 0.717) is 11.7 Å². The van der Waals surface area contributed by atoms with E-state index in [0.717, 1.165) is 22.2 Å². The number of hydrogen-bond acceptors (Lipinski definition) is 2. The van der Waals surface area contributed by atoms with Gasteiger partial charge in [0.25, 0.3) is 0 Å². The number of rotatable bonds is 4. The Morgan fingerprint density at radius 2 is 2.14 bits per heavy atom. The van der Waals surface area contributed by atoms with E-state index in [9.17, 15) is 4.79 Å². The van der Waals surface area contributed by atoms with Crippen molar-refractivity contribution in [3.63, 3.8) is 0 Å². The van der Waals surface area contributed by atoms with Crippen molar-refractivity contribution in [1.29, 1.82) is 0 Å². The van der Waals surface area contributed by atoms with E-state index in [1.807, 2.05) is 31.2 Å². The van der Waals surface area contributed by atoms with Gasteiger partial charge in [-0.1, -0.05) is 24.3 Å². The zero-order valence-electron chi connectivity index (χ0n) is 11.8. The maximum Gasteiger partial charge on any atom is 0.242 e. The third-order valence-corrected chi connectivity index (χ3v) is 3.33. The van der Waals surface area contributed by atoms with Crippen molar-refractivity contribution in [1.82, 2.24) is 21.2 Å². The molecule has 2 aromatic rings. The number of carbonyl (C=O) groups is 1. The molecule has 0 spiro atoms. The Bertz CT molecular complexity index is 677. The van der Waals surface area contributed by atoms with Crippen molar-refractivity contribution in [2.75, 3.05) is 6.54 Å². The molecule has 0 aliphatic carbocycles. The minimum atomic E-state index is -0.148. The molecule has 0 atom stereocenters. The van der Waals surface area contributed by atoms with Crippen molar-refractivity contribution >= 4 is 34.1 Å². The Morgan fingerprint density at radius 3 is 2.90 bits per heavy atom. The molecule has 0 unspecified atom stereocenters. The Kier molecular flexibility index (Phi) is 4.94. The SMILES string of the molecule is C=CCNC(=S)NNC(=O)Cc1c(C)[nH]c2ccccc12. The van der Waals surface area contributed by atoms with Gasteiger partial charge in [-0.05, 0) is 30.8 Å². The second-order valence-corrected chi connectivity index (χ2v) is 5.03. The van der Waals surface area contributed by atoms with E-state index >= 15 is 0 Å². The van der Waals surface area contributed by atoms with Crippen LogP contribution in [-0.2, 0) is 11.2 Å². The fourth-order valence-corrected chi connectivity index (χ4v) is 2.24. The van der Waals surface area contributed by atoms with Crippen LogP contribution in [0.2, 0.25) is 0 Å². The van der Waals surface area contributed by atoms with E-state index in [-0.39, 0.29) is 12.3 Å². The van der Waals surface area contributed by atoms with Crippen LogP contribution in [0.15, 0.2) is 36.9 Å². The summed E-state index contributed by atoms with van der Waals surface area (Å²) in [6.07, 6.45) is 1.97. The Morgan fingerprint density at radius 1 is 1.38 bits per heavy atom. The lowest BCUT2D eigenvalue weighted by Gasteiger charge is -2.10. The number of H-pyrrole nitrogens is 1. The summed E-state index contributed by atoms with van der Waals surface area (Å²) in [5.74, 6) is -0.148. The first-order valence-corrected chi connectivity index (χ1v) is 7.02. The predicted octanol–water partition coefficient (Wildman–Crippen LogP) is 1.70. The Balaban J connectivity index is 1.97. The van der Waals surface area contributed by atoms with Crippen molar-refractivity contribution in [3.8, 4) is 0 Å². The van der Waals surface area contributed by atoms with E-state index in [2.05, 4.69) is 27.7 Å². The monoisotopic (exact) mass is 302 g/mol. The molecular weight excluding hydrogens is 284 g/mol. The highest BCUT2D eigenvalue weighted by atomic mass is 32.1. The van der Waals surface area contributed by atoms with Crippen LogP contribution in [0.1, 0.15) is 11.3 Å². The number of nitrogens with one attached hydrogen (secondary N) is 4. The van der Waals surface area contributed by atoms with Crippen LogP contribution in [0.4, 0.5) is 0 Å². The zero-order chi connectivity index (χ0) is 15.2. The average Bonchev–Trinajstić information content (AvgIpc) is 2.79. The van der Waals surface area contributed by atoms with Gasteiger partial charge >= 0.3 is 0 Å². The van der Waals surface area contributed by atoms with Crippen LogP contribution in [0.5, 0.6) is 0 Å². The van der Waals surface area contributed by atoms with Crippen LogP contribution in [-0.4, -0.2) is 22.5 Å². The minimum Gasteiger partial charge on any atom is -0.358 e. The summed E-state index contributed by atoms with van der Waals surface area (Å²) in [7, 11) is 0. The molecule has 21 heavy (non-hydrogen) atoms. The lowest BCUT2D eigenvalue weighted by molar-refractivity contribution is -0.121. The number of aromatic amines is 1. The molecule has 0 radical (unpaired) electrons. The Labute approximate surface area is 128 Å². The summed E-state index contributed by atoms with van der Waals surface area (Å²) in [5.41, 5.74) is 8.27. The van der Waals surface area contributed by atoms with Crippen LogP contribution in [0.3, 0.4) is 0 Å². The first kappa shape index (κ1) is 15.1. The van der Waals surface area contributed by atoms with Gasteiger partial charge in [-0.25, -0.2) is 0 Å². The summed E-state index contributed by atoms with van der Waals surface area (Å²) in [6.45, 7) is 6.09. The summed E-state index contributed by atoms with van der Waals surface area (Å²) < 4.78 is 0. The molecule has 4 N–H and O–H groups in total. The van der Waals surface area contributed by atoms with Crippen LogP contribution < -0.4 is 16.2 Å². The van der Waals surface area contributed by atoms with Crippen LogP contribution in [0.25, 0.3) is 10.9 Å². The van der Waals surface area contributed by atoms with Crippen LogP contribution in [0, 0.1) is 6.92 Å². The second-order valence-electron chi connectivity index (χ2n) is 4.62. The number of benzene rings is 1. The predicted molar refractivity (Wildman–Crippen MR) is 88.8 cm³/mol. The molecule has 0 aliphatic rings. The number of amides is 1. The number of hydrogen-bond donors (Lipinski definition) is 4. The van der Waals surface area contributed by atoms with Gasteiger partial charge in [0, 0.05) is 23.1 Å². The maximum atomic E-state index is 12.0. The van der Waals surface area contributed by atoms with E-state index in [1.165, 1.54) is 0 Å². The van der Waals surface area contributed by atoms with Gasteiger partial charge in [0.15, 0.2) is 5.11 Å². The molecule has 1 amide bonds. The molecule has 2 rings (SSSR count). The number of thiocarbonyl (C=S) groups is 1. The normalized spacial score (nSPS) is 10.1. The van der Waals surface area contributed by atoms with Gasteiger partial charge < -0.3 is 10.3 Å². The highest BCUT2D eigenvalue weighted by molar-refractivity contribution is 7.80. The fourth-order valence-electron chi connectivity index (χ4n) is 2.10. The molecule has 1 aromatic carbocycles. The third-order valence-electron chi connectivity index (χ3n) is 3.09. The fraction of sp³-hybridized carbons (Fsp3) is 0.200. The number of hydrazine groups is 1. The number of aromatic nitrogens is 1. The van der Waals surface area contributed by atoms with Gasteiger partial charge in [0.2, 0.25) is 5.91 Å². The second kappa shape index (κ2) is 6.90. The van der Waals surface area contributed by atoms with E-state index < -0.39 is 0 Å². The molecule has 0 aliphatic heterocycles. The molecule has 0 fully saturated rings. The molecule has 0 saturated carbocycles. The first-order chi connectivity index (χ1) is 10.1. The highest BCUT2D eigenvalue weighted by Gasteiger charge is 2.12. The summed E-state index contributed by atoms with van der Waals surface area (Å²) in [6, 6.07) is 7.93. The topological polar surface area (TPSA) is 68.9 Å². The molecule has 1 aromatic heterocycles. The van der Waals surface area contributed by atoms with Gasteiger partial charge in [-0.2, -0.15) is 0 Å². The van der Waals surface area contributed by atoms with E-state index in [1.54, 1.807) is 6.08 Å². The molecule has 0 saturated heterocycles. The Hall–Kier alpha value is -2.34. The van der Waals surface area contributed by atoms with Crippen molar-refractivity contribution in [2.24, 2.45) is 0 Å². The molecule has 5 nitrogen and oxygen atoms in total. The van der Waals surface area contributed by atoms with Crippen molar-refractivity contribution in [3.05, 3.63) is 48.2 Å². The first-order valence-electron chi connectivity index (χ1n) is 6.61. The van der Waals surface area contributed by atoms with Gasteiger partial charge in [-0.3, -0.25) is 15.6 Å². The van der Waals surface area contributed by atoms with Crippen LogP contribution >= 0.6 is 12.2 Å². The summed E-state index contributed by atoms with van der Waals surface area (Å²) in [5, 5.41) is 4.30. The highest BCUT2D eigenvalue weighted by Crippen LogP contribution is 2.21. The minimum absolute atomic E-state index is 0.148. The molecule has 0 bridgehead atoms. The van der Waals surface area contributed by atoms with Gasteiger partial charge in [-0.15, -0.1) is 6.58 Å². The van der Waals surface area contributed by atoms with Gasteiger partial charge in [0.05, 0.1) is 6.42 Å². The summed E-state index contributed by atoms with van der Waals surface area (Å²) >= 11 is 5.00.